The zero-order valence-electron chi connectivity index (χ0n) is 16.7. The van der Waals surface area contributed by atoms with Crippen molar-refractivity contribution in [3.05, 3.63) is 29.8 Å². The molecule has 1 fully saturated rings. The third-order valence-electron chi connectivity index (χ3n) is 5.34. The summed E-state index contributed by atoms with van der Waals surface area (Å²) >= 11 is 0. The van der Waals surface area contributed by atoms with Crippen LogP contribution in [0.4, 0.5) is 0 Å². The molecule has 1 aliphatic rings. The van der Waals surface area contributed by atoms with Gasteiger partial charge in [-0.15, -0.1) is 0 Å². The standard InChI is InChI=1S/C21H32N2O4/c1-16(13-17-7-4-5-9-19(17)27-3)14-20(24)23-11-6-8-18(10-12-23)22(2)15-21(25)26/h4-5,7,9,16,18H,6,8,10-15H2,1-3H3,(H,25,26)/t16-,18+/m0/s1. The molecule has 1 N–H and O–H groups in total. The normalized spacial score (nSPS) is 18.8. The van der Waals surface area contributed by atoms with Crippen molar-refractivity contribution in [3.8, 4) is 5.75 Å². The molecule has 0 radical (unpaired) electrons. The second-order valence-electron chi connectivity index (χ2n) is 7.60. The van der Waals surface area contributed by atoms with Crippen molar-refractivity contribution in [2.45, 2.75) is 45.1 Å². The molecule has 150 valence electrons. The van der Waals surface area contributed by atoms with E-state index >= 15 is 0 Å². The van der Waals surface area contributed by atoms with Gasteiger partial charge in [0.15, 0.2) is 0 Å². The van der Waals surface area contributed by atoms with Crippen LogP contribution in [-0.4, -0.2) is 66.6 Å². The van der Waals surface area contributed by atoms with Gasteiger partial charge in [-0.2, -0.15) is 0 Å². The highest BCUT2D eigenvalue weighted by Gasteiger charge is 2.25. The molecular weight excluding hydrogens is 344 g/mol. The molecule has 1 aromatic carbocycles. The Morgan fingerprint density at radius 2 is 2.04 bits per heavy atom. The van der Waals surface area contributed by atoms with E-state index in [0.29, 0.717) is 13.0 Å². The maximum atomic E-state index is 12.7. The Morgan fingerprint density at radius 3 is 2.74 bits per heavy atom. The molecule has 6 nitrogen and oxygen atoms in total. The smallest absolute Gasteiger partial charge is 0.317 e. The minimum absolute atomic E-state index is 0.0502. The number of likely N-dealkylation sites (tertiary alicyclic amines) is 1. The number of nitrogens with zero attached hydrogens (tertiary/aromatic N) is 2. The largest absolute Gasteiger partial charge is 0.496 e. The molecule has 27 heavy (non-hydrogen) atoms. The fraction of sp³-hybridized carbons (Fsp3) is 0.619. The minimum Gasteiger partial charge on any atom is -0.496 e. The van der Waals surface area contributed by atoms with E-state index in [0.717, 1.165) is 43.5 Å². The second-order valence-corrected chi connectivity index (χ2v) is 7.60. The number of ether oxygens (including phenoxy) is 1. The first kappa shape index (κ1) is 21.2. The molecule has 1 saturated heterocycles. The van der Waals surface area contributed by atoms with Crippen LogP contribution in [-0.2, 0) is 16.0 Å². The van der Waals surface area contributed by atoms with Gasteiger partial charge in [-0.25, -0.2) is 0 Å². The van der Waals surface area contributed by atoms with Gasteiger partial charge in [0.2, 0.25) is 5.91 Å². The number of rotatable bonds is 8. The van der Waals surface area contributed by atoms with Crippen LogP contribution in [0.1, 0.15) is 38.2 Å². The van der Waals surface area contributed by atoms with Crippen LogP contribution in [0.15, 0.2) is 24.3 Å². The number of carboxylic acids is 1. The first-order valence-corrected chi connectivity index (χ1v) is 9.72. The number of aliphatic carboxylic acids is 1. The van der Waals surface area contributed by atoms with E-state index in [1.807, 2.05) is 35.0 Å². The van der Waals surface area contributed by atoms with Crippen LogP contribution in [0, 0.1) is 5.92 Å². The van der Waals surface area contributed by atoms with Gasteiger partial charge in [-0.1, -0.05) is 25.1 Å². The summed E-state index contributed by atoms with van der Waals surface area (Å²) in [6, 6.07) is 8.17. The van der Waals surface area contributed by atoms with E-state index in [2.05, 4.69) is 13.0 Å². The summed E-state index contributed by atoms with van der Waals surface area (Å²) in [7, 11) is 3.52. The number of carboxylic acid groups (broad SMARTS) is 1. The summed E-state index contributed by atoms with van der Waals surface area (Å²) in [4.78, 5) is 27.5. The van der Waals surface area contributed by atoms with E-state index in [9.17, 15) is 9.59 Å². The molecule has 6 heteroatoms. The SMILES string of the molecule is COc1ccccc1C[C@H](C)CC(=O)N1CCC[C@@H](N(C)CC(=O)O)CC1. The van der Waals surface area contributed by atoms with Gasteiger partial charge < -0.3 is 14.7 Å². The Bertz CT molecular complexity index is 634. The zero-order valence-corrected chi connectivity index (χ0v) is 16.7. The molecule has 0 aliphatic carbocycles. The Balaban J connectivity index is 1.85. The van der Waals surface area contributed by atoms with E-state index in [-0.39, 0.29) is 24.4 Å². The number of hydrogen-bond donors (Lipinski definition) is 1. The fourth-order valence-electron chi connectivity index (χ4n) is 3.86. The first-order valence-electron chi connectivity index (χ1n) is 9.72. The average molecular weight is 376 g/mol. The lowest BCUT2D eigenvalue weighted by molar-refractivity contribution is -0.138. The summed E-state index contributed by atoms with van der Waals surface area (Å²) in [6.07, 6.45) is 4.02. The molecule has 0 saturated carbocycles. The maximum Gasteiger partial charge on any atom is 0.317 e. The van der Waals surface area contributed by atoms with E-state index in [1.165, 1.54) is 0 Å². The van der Waals surface area contributed by atoms with Gasteiger partial charge in [0.25, 0.3) is 0 Å². The zero-order chi connectivity index (χ0) is 19.8. The molecule has 2 atom stereocenters. The molecule has 0 spiro atoms. The molecule has 1 heterocycles. The van der Waals surface area contributed by atoms with Crippen LogP contribution in [0.3, 0.4) is 0 Å². The van der Waals surface area contributed by atoms with E-state index in [1.54, 1.807) is 7.11 Å². The third kappa shape index (κ3) is 6.54. The first-order chi connectivity index (χ1) is 12.9. The van der Waals surface area contributed by atoms with Crippen molar-refractivity contribution in [2.75, 3.05) is 33.8 Å². The number of likely N-dealkylation sites (N-methyl/N-ethyl adjacent to an activating group) is 1. The highest BCUT2D eigenvalue weighted by Crippen LogP contribution is 2.23. The lowest BCUT2D eigenvalue weighted by Gasteiger charge is -2.26. The number of benzene rings is 1. The number of carbonyl (C=O) groups is 2. The Kier molecular flexibility index (Phi) is 8.10. The van der Waals surface area contributed by atoms with Crippen LogP contribution < -0.4 is 4.74 Å². The van der Waals surface area contributed by atoms with Crippen LogP contribution >= 0.6 is 0 Å². The number of amides is 1. The van der Waals surface area contributed by atoms with E-state index < -0.39 is 5.97 Å². The topological polar surface area (TPSA) is 70.1 Å². The van der Waals surface area contributed by atoms with Crippen molar-refractivity contribution in [1.82, 2.24) is 9.80 Å². The molecule has 1 aromatic rings. The molecule has 0 unspecified atom stereocenters. The lowest BCUT2D eigenvalue weighted by atomic mass is 9.97. The molecule has 0 bridgehead atoms. The molecule has 0 aromatic heterocycles. The summed E-state index contributed by atoms with van der Waals surface area (Å²) in [5.41, 5.74) is 1.13. The second kappa shape index (κ2) is 10.3. The quantitative estimate of drug-likeness (QED) is 0.755. The molecule has 1 aliphatic heterocycles. The van der Waals surface area contributed by atoms with Gasteiger partial charge in [0.1, 0.15) is 5.75 Å². The Labute approximate surface area is 162 Å². The van der Waals surface area contributed by atoms with Crippen molar-refractivity contribution in [1.29, 1.82) is 0 Å². The monoisotopic (exact) mass is 376 g/mol. The fourth-order valence-corrected chi connectivity index (χ4v) is 3.86. The third-order valence-corrected chi connectivity index (χ3v) is 5.34. The number of methoxy groups -OCH3 is 1. The van der Waals surface area contributed by atoms with Crippen molar-refractivity contribution >= 4 is 11.9 Å². The van der Waals surface area contributed by atoms with Crippen molar-refractivity contribution < 1.29 is 19.4 Å². The summed E-state index contributed by atoms with van der Waals surface area (Å²) < 4.78 is 5.40. The Morgan fingerprint density at radius 1 is 1.30 bits per heavy atom. The van der Waals surface area contributed by atoms with Gasteiger partial charge in [0, 0.05) is 25.6 Å². The number of hydrogen-bond acceptors (Lipinski definition) is 4. The average Bonchev–Trinajstić information content (AvgIpc) is 2.88. The summed E-state index contributed by atoms with van der Waals surface area (Å²) in [5.74, 6) is 0.497. The van der Waals surface area contributed by atoms with Gasteiger partial charge in [0.05, 0.1) is 13.7 Å². The van der Waals surface area contributed by atoms with Gasteiger partial charge in [-0.3, -0.25) is 14.5 Å². The molecule has 1 amide bonds. The predicted octanol–water partition coefficient (Wildman–Crippen LogP) is 2.66. The maximum absolute atomic E-state index is 12.7. The highest BCUT2D eigenvalue weighted by atomic mass is 16.5. The highest BCUT2D eigenvalue weighted by molar-refractivity contribution is 5.76. The Hall–Kier alpha value is -2.08. The van der Waals surface area contributed by atoms with Crippen LogP contribution in [0.5, 0.6) is 5.75 Å². The summed E-state index contributed by atoms with van der Waals surface area (Å²) in [6.45, 7) is 3.62. The number of para-hydroxylation sites is 1. The molecular formula is C21H32N2O4. The minimum atomic E-state index is -0.806. The van der Waals surface area contributed by atoms with Crippen LogP contribution in [0.25, 0.3) is 0 Å². The van der Waals surface area contributed by atoms with Gasteiger partial charge >= 0.3 is 5.97 Å². The molecule has 2 rings (SSSR count). The van der Waals surface area contributed by atoms with Crippen molar-refractivity contribution in [2.24, 2.45) is 5.92 Å². The van der Waals surface area contributed by atoms with E-state index in [4.69, 9.17) is 9.84 Å². The lowest BCUT2D eigenvalue weighted by Crippen LogP contribution is -2.37. The predicted molar refractivity (Wildman–Crippen MR) is 105 cm³/mol. The summed E-state index contributed by atoms with van der Waals surface area (Å²) in [5, 5.41) is 8.97. The number of carbonyl (C=O) groups excluding carboxylic acids is 1. The van der Waals surface area contributed by atoms with Crippen LogP contribution in [0.2, 0.25) is 0 Å². The van der Waals surface area contributed by atoms with Gasteiger partial charge in [-0.05, 0) is 50.3 Å². The van der Waals surface area contributed by atoms with Crippen molar-refractivity contribution in [3.63, 3.8) is 0 Å².